The topological polar surface area (TPSA) is 99.4 Å². The van der Waals surface area contributed by atoms with Crippen molar-refractivity contribution in [3.8, 4) is 17.2 Å². The maximum absolute atomic E-state index is 14.0. The van der Waals surface area contributed by atoms with Gasteiger partial charge in [-0.2, -0.15) is 0 Å². The van der Waals surface area contributed by atoms with Crippen molar-refractivity contribution in [2.75, 3.05) is 20.3 Å². The lowest BCUT2D eigenvalue weighted by Gasteiger charge is -2.27. The number of aromatic hydroxyl groups is 1. The van der Waals surface area contributed by atoms with E-state index in [4.69, 9.17) is 14.2 Å². The average Bonchev–Trinajstić information content (AvgIpc) is 3.23. The van der Waals surface area contributed by atoms with Crippen LogP contribution in [0.3, 0.4) is 0 Å². The SMILES string of the molecule is CCOC(=O)C1=C(C)N=c2s/c(=C\c3ccc(O)c(OCC)c3)c(=O)n2C1c1c(OC)ccc2ccccc12. The lowest BCUT2D eigenvalue weighted by atomic mass is 9.90. The van der Waals surface area contributed by atoms with E-state index in [-0.39, 0.29) is 23.5 Å². The van der Waals surface area contributed by atoms with Gasteiger partial charge in [-0.25, -0.2) is 9.79 Å². The molecule has 0 radical (unpaired) electrons. The fourth-order valence-corrected chi connectivity index (χ4v) is 5.89. The van der Waals surface area contributed by atoms with Gasteiger partial charge in [-0.1, -0.05) is 47.7 Å². The van der Waals surface area contributed by atoms with Crippen molar-refractivity contribution in [1.82, 2.24) is 4.57 Å². The Bertz CT molecular complexity index is 1800. The zero-order valence-corrected chi connectivity index (χ0v) is 22.9. The van der Waals surface area contributed by atoms with Gasteiger partial charge in [0.25, 0.3) is 5.56 Å². The van der Waals surface area contributed by atoms with E-state index in [1.165, 1.54) is 17.4 Å². The second-order valence-electron chi connectivity index (χ2n) is 8.87. The highest BCUT2D eigenvalue weighted by atomic mass is 32.1. The first-order valence-electron chi connectivity index (χ1n) is 12.6. The summed E-state index contributed by atoms with van der Waals surface area (Å²) < 4.78 is 18.7. The van der Waals surface area contributed by atoms with Crippen LogP contribution in [0.25, 0.3) is 16.8 Å². The van der Waals surface area contributed by atoms with Crippen molar-refractivity contribution in [3.63, 3.8) is 0 Å². The first-order chi connectivity index (χ1) is 18.9. The number of methoxy groups -OCH3 is 1. The number of allylic oxidation sites excluding steroid dienone is 1. The number of phenols is 1. The van der Waals surface area contributed by atoms with Crippen LogP contribution >= 0.6 is 11.3 Å². The third-order valence-corrected chi connectivity index (χ3v) is 7.51. The maximum atomic E-state index is 14.0. The summed E-state index contributed by atoms with van der Waals surface area (Å²) in [6.45, 7) is 5.90. The molecule has 200 valence electrons. The Hall–Kier alpha value is -4.37. The molecule has 1 atom stereocenters. The quantitative estimate of drug-likeness (QED) is 0.352. The summed E-state index contributed by atoms with van der Waals surface area (Å²) in [4.78, 5) is 32.5. The van der Waals surface area contributed by atoms with E-state index < -0.39 is 12.0 Å². The standard InChI is InChI=1S/C30H28N2O6S/c1-5-37-23-15-18(11-13-21(23)33)16-24-28(34)32-27(25(29(35)38-6-2)17(3)31-30(32)39-24)26-20-10-8-7-9-19(20)12-14-22(26)36-4/h7-16,27,33H,5-6H2,1-4H3/b24-16-. The number of rotatable bonds is 7. The van der Waals surface area contributed by atoms with Gasteiger partial charge >= 0.3 is 5.97 Å². The summed E-state index contributed by atoms with van der Waals surface area (Å²) >= 11 is 1.23. The molecule has 0 saturated carbocycles. The summed E-state index contributed by atoms with van der Waals surface area (Å²) in [6.07, 6.45) is 1.73. The molecule has 1 N–H and O–H groups in total. The van der Waals surface area contributed by atoms with Crippen molar-refractivity contribution in [2.45, 2.75) is 26.8 Å². The number of hydrogen-bond donors (Lipinski definition) is 1. The van der Waals surface area contributed by atoms with Crippen LogP contribution in [0.5, 0.6) is 17.2 Å². The summed E-state index contributed by atoms with van der Waals surface area (Å²) in [7, 11) is 1.57. The molecule has 1 aliphatic rings. The van der Waals surface area contributed by atoms with Gasteiger partial charge in [0, 0.05) is 5.56 Å². The van der Waals surface area contributed by atoms with Crippen LogP contribution in [0.2, 0.25) is 0 Å². The monoisotopic (exact) mass is 544 g/mol. The maximum Gasteiger partial charge on any atom is 0.338 e. The first kappa shape index (κ1) is 26.2. The Balaban J connectivity index is 1.81. The molecule has 8 nitrogen and oxygen atoms in total. The minimum atomic E-state index is -0.817. The van der Waals surface area contributed by atoms with Crippen molar-refractivity contribution in [2.24, 2.45) is 4.99 Å². The number of aromatic nitrogens is 1. The van der Waals surface area contributed by atoms with Crippen LogP contribution < -0.4 is 24.4 Å². The van der Waals surface area contributed by atoms with Gasteiger partial charge < -0.3 is 19.3 Å². The average molecular weight is 545 g/mol. The van der Waals surface area contributed by atoms with Gasteiger partial charge in [0.05, 0.1) is 36.1 Å². The Morgan fingerprint density at radius 2 is 1.90 bits per heavy atom. The normalized spacial score (nSPS) is 15.2. The van der Waals surface area contributed by atoms with Crippen LogP contribution in [-0.4, -0.2) is 36.0 Å². The van der Waals surface area contributed by atoms with Crippen molar-refractivity contribution in [3.05, 3.63) is 96.7 Å². The lowest BCUT2D eigenvalue weighted by Crippen LogP contribution is -2.40. The van der Waals surface area contributed by atoms with Gasteiger partial charge in [0.1, 0.15) is 11.8 Å². The van der Waals surface area contributed by atoms with Crippen molar-refractivity contribution in [1.29, 1.82) is 0 Å². The van der Waals surface area contributed by atoms with Gasteiger partial charge in [0.15, 0.2) is 16.3 Å². The van der Waals surface area contributed by atoms with Crippen LogP contribution in [0.4, 0.5) is 0 Å². The van der Waals surface area contributed by atoms with E-state index in [2.05, 4.69) is 4.99 Å². The highest BCUT2D eigenvalue weighted by molar-refractivity contribution is 7.07. The Kier molecular flexibility index (Phi) is 7.26. The molecular formula is C30H28N2O6S. The van der Waals surface area contributed by atoms with Gasteiger partial charge in [-0.05, 0) is 61.4 Å². The lowest BCUT2D eigenvalue weighted by molar-refractivity contribution is -0.139. The molecule has 5 rings (SSSR count). The third-order valence-electron chi connectivity index (χ3n) is 6.52. The minimum absolute atomic E-state index is 0.0215. The highest BCUT2D eigenvalue weighted by Crippen LogP contribution is 2.40. The summed E-state index contributed by atoms with van der Waals surface area (Å²) in [6, 6.07) is 15.7. The number of hydrogen-bond acceptors (Lipinski definition) is 8. The Morgan fingerprint density at radius 3 is 2.64 bits per heavy atom. The molecule has 0 spiro atoms. The predicted octanol–water partition coefficient (Wildman–Crippen LogP) is 4.06. The molecule has 0 aliphatic carbocycles. The molecule has 0 saturated heterocycles. The summed E-state index contributed by atoms with van der Waals surface area (Å²) in [5.41, 5.74) is 1.82. The number of fused-ring (bicyclic) bond motifs is 2. The fraction of sp³-hybridized carbons (Fsp3) is 0.233. The zero-order valence-electron chi connectivity index (χ0n) is 22.1. The second kappa shape index (κ2) is 10.8. The molecule has 4 aromatic rings. The molecule has 3 aromatic carbocycles. The van der Waals surface area contributed by atoms with Crippen molar-refractivity contribution < 1.29 is 24.1 Å². The molecule has 0 amide bonds. The summed E-state index contributed by atoms with van der Waals surface area (Å²) in [5.74, 6) is 0.364. The molecule has 1 aromatic heterocycles. The number of carbonyl (C=O) groups excluding carboxylic acids is 1. The van der Waals surface area contributed by atoms with E-state index in [9.17, 15) is 14.7 Å². The molecule has 9 heteroatoms. The largest absolute Gasteiger partial charge is 0.504 e. The van der Waals surface area contributed by atoms with Crippen LogP contribution in [0, 0.1) is 0 Å². The number of benzene rings is 3. The number of nitrogens with zero attached hydrogens (tertiary/aromatic N) is 2. The number of ether oxygens (including phenoxy) is 3. The van der Waals surface area contributed by atoms with E-state index >= 15 is 0 Å². The number of phenolic OH excluding ortho intramolecular Hbond substituents is 1. The van der Waals surface area contributed by atoms with Gasteiger partial charge in [0.2, 0.25) is 0 Å². The zero-order chi connectivity index (χ0) is 27.7. The van der Waals surface area contributed by atoms with E-state index in [0.29, 0.717) is 44.3 Å². The van der Waals surface area contributed by atoms with Crippen LogP contribution in [0.15, 0.2) is 75.7 Å². The molecule has 1 unspecified atom stereocenters. The van der Waals surface area contributed by atoms with E-state index in [0.717, 1.165) is 10.8 Å². The molecule has 0 fully saturated rings. The first-order valence-corrected chi connectivity index (χ1v) is 13.4. The number of esters is 1. The second-order valence-corrected chi connectivity index (χ2v) is 9.87. The fourth-order valence-electron chi connectivity index (χ4n) is 4.84. The number of thiazole rings is 1. The minimum Gasteiger partial charge on any atom is -0.504 e. The van der Waals surface area contributed by atoms with Gasteiger partial charge in [-0.15, -0.1) is 0 Å². The molecule has 2 heterocycles. The summed E-state index contributed by atoms with van der Waals surface area (Å²) in [5, 5.41) is 11.9. The third kappa shape index (κ3) is 4.70. The molecule has 1 aliphatic heterocycles. The van der Waals surface area contributed by atoms with Gasteiger partial charge in [-0.3, -0.25) is 9.36 Å². The Morgan fingerprint density at radius 1 is 1.10 bits per heavy atom. The Labute approximate surface area is 228 Å². The predicted molar refractivity (Wildman–Crippen MR) is 150 cm³/mol. The highest BCUT2D eigenvalue weighted by Gasteiger charge is 2.36. The van der Waals surface area contributed by atoms with E-state index in [1.54, 1.807) is 43.7 Å². The molecular weight excluding hydrogens is 516 g/mol. The van der Waals surface area contributed by atoms with Crippen molar-refractivity contribution >= 4 is 34.2 Å². The van der Waals surface area contributed by atoms with Crippen LogP contribution in [0.1, 0.15) is 37.9 Å². The molecule has 39 heavy (non-hydrogen) atoms. The number of carbonyl (C=O) groups is 1. The van der Waals surface area contributed by atoms with E-state index in [1.807, 2.05) is 43.3 Å². The van der Waals surface area contributed by atoms with Crippen LogP contribution in [-0.2, 0) is 9.53 Å². The molecule has 0 bridgehead atoms. The smallest absolute Gasteiger partial charge is 0.338 e.